The maximum absolute atomic E-state index is 10.3. The lowest BCUT2D eigenvalue weighted by molar-refractivity contribution is 0.0186. The molecule has 2 aliphatic carbocycles. The number of hydrogen-bond donors (Lipinski definition) is 3. The van der Waals surface area contributed by atoms with Gasteiger partial charge in [0, 0.05) is 0 Å². The number of rotatable bonds is 2. The first-order valence-electron chi connectivity index (χ1n) is 7.47. The van der Waals surface area contributed by atoms with Crippen molar-refractivity contribution in [3.8, 4) is 0 Å². The monoisotopic (exact) mass is 282 g/mol. The van der Waals surface area contributed by atoms with Crippen LogP contribution in [0.1, 0.15) is 64.2 Å². The van der Waals surface area contributed by atoms with Crippen LogP contribution < -0.4 is 0 Å². The van der Waals surface area contributed by atoms with Crippen LogP contribution in [0, 0.1) is 22.7 Å². The van der Waals surface area contributed by atoms with Crippen molar-refractivity contribution in [2.24, 2.45) is 11.8 Å². The molecule has 3 N–H and O–H groups in total. The van der Waals surface area contributed by atoms with Gasteiger partial charge in [0.1, 0.15) is 0 Å². The molecule has 0 unspecified atom stereocenters. The molecule has 0 amide bonds. The summed E-state index contributed by atoms with van der Waals surface area (Å²) in [6.07, 6.45) is 14.9. The smallest absolute Gasteiger partial charge is 0.231 e. The van der Waals surface area contributed by atoms with Crippen molar-refractivity contribution in [3.63, 3.8) is 0 Å². The highest BCUT2D eigenvalue weighted by molar-refractivity contribution is 5.26. The highest BCUT2D eigenvalue weighted by Gasteiger charge is 2.29. The van der Waals surface area contributed by atoms with Crippen molar-refractivity contribution in [2.45, 2.75) is 70.3 Å². The molecule has 0 heterocycles. The van der Waals surface area contributed by atoms with E-state index in [0.717, 1.165) is 12.2 Å². The van der Waals surface area contributed by atoms with Gasteiger partial charge in [0.25, 0.3) is 0 Å². The van der Waals surface area contributed by atoms with Gasteiger partial charge in [-0.1, -0.05) is 38.5 Å². The van der Waals surface area contributed by atoms with Gasteiger partial charge in [0.15, 0.2) is 0 Å². The lowest BCUT2D eigenvalue weighted by Crippen LogP contribution is -2.31. The predicted molar refractivity (Wildman–Crippen MR) is 76.0 cm³/mol. The molecule has 0 bridgehead atoms. The van der Waals surface area contributed by atoms with Gasteiger partial charge < -0.3 is 5.11 Å². The zero-order valence-electron chi connectivity index (χ0n) is 12.1. The summed E-state index contributed by atoms with van der Waals surface area (Å²) in [5, 5.41) is 21.1. The first-order chi connectivity index (χ1) is 9.71. The van der Waals surface area contributed by atoms with Crippen molar-refractivity contribution in [2.75, 3.05) is 0 Å². The second kappa shape index (κ2) is 12.7. The standard InChI is InChI=1S/C13H24O.2CHNO/c14-13(11-7-3-1-4-8-11)12-9-5-2-6-10-12;2*2-1-3/h11-14H,1-10H2;2*2H. The molecule has 5 nitrogen and oxygen atoms in total. The minimum absolute atomic E-state index is 0.0376. The van der Waals surface area contributed by atoms with E-state index >= 15 is 0 Å². The molecule has 20 heavy (non-hydrogen) atoms. The van der Waals surface area contributed by atoms with E-state index in [9.17, 15) is 5.11 Å². The molecule has 0 spiro atoms. The summed E-state index contributed by atoms with van der Waals surface area (Å²) in [4.78, 5) is 16.7. The number of aliphatic hydroxyl groups excluding tert-OH is 1. The summed E-state index contributed by atoms with van der Waals surface area (Å²) < 4.78 is 0. The predicted octanol–water partition coefficient (Wildman–Crippen LogP) is 3.31. The van der Waals surface area contributed by atoms with E-state index in [2.05, 4.69) is 0 Å². The third-order valence-electron chi connectivity index (χ3n) is 4.27. The first kappa shape index (κ1) is 18.7. The molecule has 2 saturated carbocycles. The number of isocyanates is 2. The Bertz CT molecular complexity index is 266. The first-order valence-corrected chi connectivity index (χ1v) is 7.47. The quantitative estimate of drug-likeness (QED) is 0.534. The van der Waals surface area contributed by atoms with Crippen LogP contribution in [0.15, 0.2) is 0 Å². The van der Waals surface area contributed by atoms with Crippen molar-refractivity contribution >= 4 is 12.2 Å². The highest BCUT2D eigenvalue weighted by Crippen LogP contribution is 2.35. The Labute approximate surface area is 120 Å². The third kappa shape index (κ3) is 8.00. The molecular weight excluding hydrogens is 256 g/mol. The van der Waals surface area contributed by atoms with Crippen molar-refractivity contribution in [1.29, 1.82) is 10.8 Å². The fourth-order valence-corrected chi connectivity index (χ4v) is 3.34. The molecule has 2 fully saturated rings. The van der Waals surface area contributed by atoms with E-state index in [0.29, 0.717) is 11.8 Å². The number of hydrogen-bond acceptors (Lipinski definition) is 5. The van der Waals surface area contributed by atoms with Crippen LogP contribution in [-0.2, 0) is 9.59 Å². The highest BCUT2D eigenvalue weighted by atomic mass is 16.3. The molecule has 0 atom stereocenters. The number of nitrogens with one attached hydrogen (secondary N) is 2. The summed E-state index contributed by atoms with van der Waals surface area (Å²) in [6.45, 7) is 0. The fourth-order valence-electron chi connectivity index (χ4n) is 3.34. The zero-order valence-corrected chi connectivity index (χ0v) is 12.1. The Morgan fingerprint density at radius 2 is 1.00 bits per heavy atom. The molecule has 0 aromatic carbocycles. The molecular formula is C15H26N2O3. The topological polar surface area (TPSA) is 102 Å². The maximum atomic E-state index is 10.3. The molecule has 5 heteroatoms. The van der Waals surface area contributed by atoms with Crippen LogP contribution in [0.25, 0.3) is 0 Å². The van der Waals surface area contributed by atoms with Crippen LogP contribution in [0.4, 0.5) is 0 Å². The Morgan fingerprint density at radius 3 is 1.25 bits per heavy atom. The van der Waals surface area contributed by atoms with E-state index in [4.69, 9.17) is 20.4 Å². The molecule has 114 valence electrons. The Kier molecular flexibility index (Phi) is 11.9. The largest absolute Gasteiger partial charge is 0.393 e. The van der Waals surface area contributed by atoms with Crippen LogP contribution in [0.5, 0.6) is 0 Å². The molecule has 2 aliphatic rings. The van der Waals surface area contributed by atoms with Crippen molar-refractivity contribution in [1.82, 2.24) is 0 Å². The SMILES string of the molecule is N=C=O.N=C=O.OC(C1CCCCC1)C1CCCCC1. The molecule has 0 aromatic heterocycles. The average molecular weight is 282 g/mol. The Hall–Kier alpha value is -1.28. The number of aliphatic hydroxyl groups is 1. The van der Waals surface area contributed by atoms with E-state index in [1.54, 1.807) is 0 Å². The van der Waals surface area contributed by atoms with Crippen molar-refractivity contribution in [3.05, 3.63) is 0 Å². The van der Waals surface area contributed by atoms with Gasteiger partial charge in [0.2, 0.25) is 12.2 Å². The lowest BCUT2D eigenvalue weighted by Gasteiger charge is -2.34. The maximum Gasteiger partial charge on any atom is 0.231 e. The van der Waals surface area contributed by atoms with Gasteiger partial charge in [0.05, 0.1) is 6.10 Å². The second-order valence-corrected chi connectivity index (χ2v) is 5.49. The number of carbonyl (C=O) groups excluding carboxylic acids is 2. The van der Waals surface area contributed by atoms with E-state index in [-0.39, 0.29) is 6.10 Å². The Balaban J connectivity index is 0.000000520. The van der Waals surface area contributed by atoms with Gasteiger partial charge in [-0.15, -0.1) is 0 Å². The molecule has 0 aliphatic heterocycles. The molecule has 2 rings (SSSR count). The normalized spacial score (nSPS) is 19.7. The summed E-state index contributed by atoms with van der Waals surface area (Å²) >= 11 is 0. The van der Waals surface area contributed by atoms with Crippen LogP contribution in [-0.4, -0.2) is 23.4 Å². The zero-order chi connectivity index (χ0) is 15.2. The van der Waals surface area contributed by atoms with E-state index in [1.165, 1.54) is 64.2 Å². The van der Waals surface area contributed by atoms with Gasteiger partial charge in [-0.2, -0.15) is 0 Å². The van der Waals surface area contributed by atoms with Crippen LogP contribution >= 0.6 is 0 Å². The summed E-state index contributed by atoms with van der Waals surface area (Å²) in [7, 11) is 0. The lowest BCUT2D eigenvalue weighted by atomic mass is 9.75. The van der Waals surface area contributed by atoms with Crippen molar-refractivity contribution < 1.29 is 14.7 Å². The van der Waals surface area contributed by atoms with Gasteiger partial charge in [-0.05, 0) is 37.5 Å². The van der Waals surface area contributed by atoms with Gasteiger partial charge in [-0.25, -0.2) is 20.4 Å². The molecule has 0 radical (unpaired) electrons. The van der Waals surface area contributed by atoms with E-state index in [1.807, 2.05) is 0 Å². The average Bonchev–Trinajstić information content (AvgIpc) is 2.50. The molecule has 0 saturated heterocycles. The second-order valence-electron chi connectivity index (χ2n) is 5.49. The summed E-state index contributed by atoms with van der Waals surface area (Å²) in [5.41, 5.74) is 0. The van der Waals surface area contributed by atoms with Crippen LogP contribution in [0.2, 0.25) is 0 Å². The van der Waals surface area contributed by atoms with Crippen LogP contribution in [0.3, 0.4) is 0 Å². The summed E-state index contributed by atoms with van der Waals surface area (Å²) in [6, 6.07) is 0. The minimum Gasteiger partial charge on any atom is -0.393 e. The molecule has 0 aromatic rings. The minimum atomic E-state index is 0.0376. The fraction of sp³-hybridized carbons (Fsp3) is 0.867. The van der Waals surface area contributed by atoms with Gasteiger partial charge >= 0.3 is 0 Å². The third-order valence-corrected chi connectivity index (χ3v) is 4.27. The van der Waals surface area contributed by atoms with Gasteiger partial charge in [-0.3, -0.25) is 0 Å². The Morgan fingerprint density at radius 1 is 0.750 bits per heavy atom. The summed E-state index contributed by atoms with van der Waals surface area (Å²) in [5.74, 6) is 1.29. The van der Waals surface area contributed by atoms with E-state index < -0.39 is 0 Å².